The van der Waals surface area contributed by atoms with Crippen LogP contribution < -0.4 is 13.2 Å². The van der Waals surface area contributed by atoms with Gasteiger partial charge in [-0.2, -0.15) is 0 Å². The third kappa shape index (κ3) is 3.67. The van der Waals surface area contributed by atoms with Crippen LogP contribution in [0.3, 0.4) is 0 Å². The molecule has 2 aromatic heterocycles. The summed E-state index contributed by atoms with van der Waals surface area (Å²) in [7, 11) is -3.58. The first kappa shape index (κ1) is 21.0. The minimum absolute atomic E-state index is 0.292. The molecule has 1 spiro atoms. The number of aromatic nitrogens is 2. The first-order valence-electron chi connectivity index (χ1n) is 10.9. The second kappa shape index (κ2) is 6.83. The van der Waals surface area contributed by atoms with E-state index in [1.54, 1.807) is 0 Å². The molecule has 7 nitrogen and oxygen atoms in total. The van der Waals surface area contributed by atoms with Crippen LogP contribution in [-0.4, -0.2) is 68.3 Å². The number of hydrogen-bond donors (Lipinski definition) is 1. The van der Waals surface area contributed by atoms with Crippen LogP contribution in [-0.2, 0) is 14.8 Å². The van der Waals surface area contributed by atoms with Gasteiger partial charge in [0.2, 0.25) is 0 Å². The molecule has 0 unspecified atom stereocenters. The van der Waals surface area contributed by atoms with Crippen molar-refractivity contribution in [1.29, 1.82) is 0 Å². The number of nitrogens with zero attached hydrogens (tertiary/aromatic N) is 3. The van der Waals surface area contributed by atoms with Crippen molar-refractivity contribution in [2.45, 2.75) is 57.9 Å². The van der Waals surface area contributed by atoms with Gasteiger partial charge in [-0.1, -0.05) is 0 Å². The number of ether oxygens (including phenoxy) is 1. The second-order valence-corrected chi connectivity index (χ2v) is 26.9. The van der Waals surface area contributed by atoms with Gasteiger partial charge in [0.1, 0.15) is 0 Å². The number of sulfonamides is 1. The predicted molar refractivity (Wildman–Crippen MR) is 121 cm³/mol. The molecule has 1 saturated carbocycles. The molecule has 3 aliphatic rings. The van der Waals surface area contributed by atoms with Crippen LogP contribution in [0.15, 0.2) is 23.2 Å². The molecule has 0 atom stereocenters. The van der Waals surface area contributed by atoms with Crippen LogP contribution in [0.4, 0.5) is 5.82 Å². The summed E-state index contributed by atoms with van der Waals surface area (Å²) >= 11 is -2.48. The van der Waals surface area contributed by atoms with E-state index >= 15 is 0 Å². The molecular formula is C21H32N4O3SSn. The van der Waals surface area contributed by atoms with Crippen molar-refractivity contribution in [1.82, 2.24) is 14.3 Å². The summed E-state index contributed by atoms with van der Waals surface area (Å²) in [5, 5.41) is 4.73. The first-order valence-corrected chi connectivity index (χ1v) is 22.4. The van der Waals surface area contributed by atoms with Crippen molar-refractivity contribution in [3.05, 3.63) is 18.3 Å². The molecule has 4 heterocycles. The van der Waals surface area contributed by atoms with E-state index in [4.69, 9.17) is 9.84 Å². The van der Waals surface area contributed by atoms with Gasteiger partial charge in [-0.25, -0.2) is 0 Å². The van der Waals surface area contributed by atoms with Gasteiger partial charge in [0, 0.05) is 0 Å². The fourth-order valence-corrected chi connectivity index (χ4v) is 10.0. The number of rotatable bonds is 5. The Bertz CT molecular complexity index is 1090. The van der Waals surface area contributed by atoms with Gasteiger partial charge in [0.15, 0.2) is 0 Å². The SMILES string of the molecule is CC1(NS(=O)(=O)c2cc(N3CCC4(CC3)COC4)n3nc[c]([Sn]([CH3])([CH3])[CH3])c3c2)CC1. The summed E-state index contributed by atoms with van der Waals surface area (Å²) in [4.78, 5) is 9.71. The van der Waals surface area contributed by atoms with Gasteiger partial charge in [-0.05, 0) is 0 Å². The fourth-order valence-electron chi connectivity index (χ4n) is 4.56. The maximum atomic E-state index is 13.2. The normalized spacial score (nSPS) is 23.0. The summed E-state index contributed by atoms with van der Waals surface area (Å²) in [6, 6.07) is 3.67. The summed E-state index contributed by atoms with van der Waals surface area (Å²) < 4.78 is 38.1. The van der Waals surface area contributed by atoms with Crippen LogP contribution in [0, 0.1) is 5.41 Å². The van der Waals surface area contributed by atoms with E-state index in [2.05, 4.69) is 24.4 Å². The Morgan fingerprint density at radius 2 is 1.77 bits per heavy atom. The summed E-state index contributed by atoms with van der Waals surface area (Å²) in [5.41, 5.74) is 1.00. The first-order chi connectivity index (χ1) is 14.0. The summed E-state index contributed by atoms with van der Waals surface area (Å²) in [6.07, 6.45) is 5.93. The van der Waals surface area contributed by atoms with E-state index in [1.165, 1.54) is 3.58 Å². The molecular weight excluding hydrogens is 507 g/mol. The molecule has 2 aromatic rings. The van der Waals surface area contributed by atoms with Crippen molar-refractivity contribution < 1.29 is 13.2 Å². The minimum atomic E-state index is -3.58. The van der Waals surface area contributed by atoms with Crippen LogP contribution in [0.2, 0.25) is 14.8 Å². The third-order valence-electron chi connectivity index (χ3n) is 7.04. The van der Waals surface area contributed by atoms with Crippen molar-refractivity contribution >= 4 is 43.3 Å². The Kier molecular flexibility index (Phi) is 4.78. The zero-order valence-electron chi connectivity index (χ0n) is 18.4. The van der Waals surface area contributed by atoms with Crippen LogP contribution in [0.25, 0.3) is 5.52 Å². The van der Waals surface area contributed by atoms with Crippen molar-refractivity contribution in [3.63, 3.8) is 0 Å². The van der Waals surface area contributed by atoms with Crippen LogP contribution in [0.1, 0.15) is 32.6 Å². The topological polar surface area (TPSA) is 75.9 Å². The van der Waals surface area contributed by atoms with Gasteiger partial charge in [-0.3, -0.25) is 0 Å². The van der Waals surface area contributed by atoms with E-state index < -0.39 is 28.4 Å². The van der Waals surface area contributed by atoms with E-state index in [9.17, 15) is 8.42 Å². The zero-order chi connectivity index (χ0) is 21.4. The monoisotopic (exact) mass is 540 g/mol. The maximum absolute atomic E-state index is 13.2. The van der Waals surface area contributed by atoms with Crippen LogP contribution >= 0.6 is 0 Å². The van der Waals surface area contributed by atoms with E-state index in [1.807, 2.05) is 29.8 Å². The van der Waals surface area contributed by atoms with E-state index in [0.717, 1.165) is 63.3 Å². The molecule has 30 heavy (non-hydrogen) atoms. The standard InChI is InChI=1S/C18H23N4O3S.3CH3.Sn/c1-17(3-4-17)20-26(23,24)15-10-14-2-7-19-22(14)16(11-15)21-8-5-18(6-9-21)12-25-13-18;;;;/h7,10-11,20H,3-6,8-9,12-13H2,1H3;3*1H3;. The fraction of sp³-hybridized carbons (Fsp3) is 0.667. The number of fused-ring (bicyclic) bond motifs is 1. The number of nitrogens with one attached hydrogen (secondary N) is 1. The Labute approximate surface area is 183 Å². The third-order valence-corrected chi connectivity index (χ3v) is 14.4. The molecule has 0 radical (unpaired) electrons. The molecule has 0 bridgehead atoms. The Hall–Kier alpha value is -0.841. The molecule has 0 aromatic carbocycles. The van der Waals surface area contributed by atoms with Gasteiger partial charge >= 0.3 is 184 Å². The average molecular weight is 539 g/mol. The molecule has 164 valence electrons. The Morgan fingerprint density at radius 3 is 2.30 bits per heavy atom. The number of hydrogen-bond acceptors (Lipinski definition) is 5. The molecule has 1 N–H and O–H groups in total. The predicted octanol–water partition coefficient (Wildman–Crippen LogP) is 2.33. The van der Waals surface area contributed by atoms with Gasteiger partial charge in [-0.15, -0.1) is 0 Å². The van der Waals surface area contributed by atoms with Crippen LogP contribution in [0.5, 0.6) is 0 Å². The summed E-state index contributed by atoms with van der Waals surface area (Å²) in [5.74, 6) is 0.894. The Balaban J connectivity index is 1.59. The number of anilines is 1. The van der Waals surface area contributed by atoms with E-state index in [-0.39, 0.29) is 5.54 Å². The number of pyridine rings is 1. The van der Waals surface area contributed by atoms with E-state index in [0.29, 0.717) is 10.3 Å². The molecule has 2 aliphatic heterocycles. The molecule has 5 rings (SSSR count). The Morgan fingerprint density at radius 1 is 1.10 bits per heavy atom. The average Bonchev–Trinajstić information content (AvgIpc) is 3.18. The number of piperidine rings is 1. The molecule has 0 amide bonds. The van der Waals surface area contributed by atoms with Gasteiger partial charge in [0.25, 0.3) is 0 Å². The van der Waals surface area contributed by atoms with Crippen molar-refractivity contribution in [2.24, 2.45) is 5.41 Å². The molecule has 1 aliphatic carbocycles. The molecule has 3 fully saturated rings. The van der Waals surface area contributed by atoms with Crippen molar-refractivity contribution in [3.8, 4) is 0 Å². The van der Waals surface area contributed by atoms with Gasteiger partial charge in [0.05, 0.1) is 0 Å². The second-order valence-electron chi connectivity index (χ2n) is 10.8. The quantitative estimate of drug-likeness (QED) is 0.591. The zero-order valence-corrected chi connectivity index (χ0v) is 22.0. The molecule has 9 heteroatoms. The van der Waals surface area contributed by atoms with Crippen molar-refractivity contribution in [2.75, 3.05) is 31.2 Å². The molecule has 2 saturated heterocycles. The van der Waals surface area contributed by atoms with Gasteiger partial charge < -0.3 is 0 Å². The summed E-state index contributed by atoms with van der Waals surface area (Å²) in [6.45, 7) is 5.50.